The van der Waals surface area contributed by atoms with E-state index in [-0.39, 0.29) is 12.5 Å². The van der Waals surface area contributed by atoms with E-state index in [4.69, 9.17) is 4.74 Å². The molecule has 3 aromatic rings. The van der Waals surface area contributed by atoms with E-state index < -0.39 is 17.7 Å². The standard InChI is InChI=1S/C23H18F2N2O3/c24-18-7-5-17(6-8-18)22(28)26-14-15-1-3-16(4-2-15)20-10-9-19(13-21(20)25)27-11-12-30-23(27)29/h1-10,13H,11-12,14H2,(H,26,28). The maximum atomic E-state index is 14.6. The number of anilines is 1. The van der Waals surface area contributed by atoms with Gasteiger partial charge in [-0.3, -0.25) is 9.69 Å². The smallest absolute Gasteiger partial charge is 0.414 e. The van der Waals surface area contributed by atoms with Crippen LogP contribution in [0.25, 0.3) is 11.1 Å². The molecule has 7 heteroatoms. The molecule has 0 radical (unpaired) electrons. The summed E-state index contributed by atoms with van der Waals surface area (Å²) in [5.41, 5.74) is 2.76. The summed E-state index contributed by atoms with van der Waals surface area (Å²) in [6.07, 6.45) is -0.478. The molecule has 0 spiro atoms. The zero-order valence-corrected chi connectivity index (χ0v) is 15.9. The second kappa shape index (κ2) is 8.32. The average Bonchev–Trinajstić information content (AvgIpc) is 3.19. The summed E-state index contributed by atoms with van der Waals surface area (Å²) in [5, 5.41) is 2.76. The molecule has 1 aliphatic heterocycles. The van der Waals surface area contributed by atoms with Crippen LogP contribution in [-0.2, 0) is 11.3 Å². The predicted molar refractivity (Wildman–Crippen MR) is 108 cm³/mol. The molecule has 0 aromatic heterocycles. The Balaban J connectivity index is 1.42. The number of nitrogens with one attached hydrogen (secondary N) is 1. The Morgan fingerprint density at radius 2 is 1.73 bits per heavy atom. The minimum atomic E-state index is -0.478. The van der Waals surface area contributed by atoms with Gasteiger partial charge in [0.25, 0.3) is 5.91 Å². The molecule has 1 fully saturated rings. The number of nitrogens with zero attached hydrogens (tertiary/aromatic N) is 1. The summed E-state index contributed by atoms with van der Waals surface area (Å²) in [6, 6.07) is 17.1. The Morgan fingerprint density at radius 3 is 2.37 bits per heavy atom. The van der Waals surface area contributed by atoms with Crippen LogP contribution < -0.4 is 10.2 Å². The second-order valence-corrected chi connectivity index (χ2v) is 6.82. The summed E-state index contributed by atoms with van der Waals surface area (Å²) in [4.78, 5) is 25.1. The number of hydrogen-bond acceptors (Lipinski definition) is 3. The topological polar surface area (TPSA) is 58.6 Å². The quantitative estimate of drug-likeness (QED) is 0.675. The molecule has 0 bridgehead atoms. The molecule has 1 aliphatic rings. The van der Waals surface area contributed by atoms with E-state index >= 15 is 0 Å². The highest BCUT2D eigenvalue weighted by atomic mass is 19.1. The van der Waals surface area contributed by atoms with Crippen LogP contribution in [0.1, 0.15) is 15.9 Å². The lowest BCUT2D eigenvalue weighted by Crippen LogP contribution is -2.23. The minimum absolute atomic E-state index is 0.287. The highest BCUT2D eigenvalue weighted by molar-refractivity contribution is 5.94. The van der Waals surface area contributed by atoms with Gasteiger partial charge in [0.05, 0.1) is 12.2 Å². The van der Waals surface area contributed by atoms with E-state index in [0.29, 0.717) is 35.5 Å². The maximum absolute atomic E-state index is 14.6. The van der Waals surface area contributed by atoms with Gasteiger partial charge in [-0.25, -0.2) is 13.6 Å². The van der Waals surface area contributed by atoms with Crippen molar-refractivity contribution in [3.63, 3.8) is 0 Å². The first-order valence-electron chi connectivity index (χ1n) is 9.38. The predicted octanol–water partition coefficient (Wildman–Crippen LogP) is 4.52. The van der Waals surface area contributed by atoms with Crippen molar-refractivity contribution >= 4 is 17.7 Å². The fourth-order valence-electron chi connectivity index (χ4n) is 3.22. The van der Waals surface area contributed by atoms with Crippen LogP contribution in [-0.4, -0.2) is 25.2 Å². The van der Waals surface area contributed by atoms with Crippen molar-refractivity contribution in [2.24, 2.45) is 0 Å². The number of rotatable bonds is 5. The zero-order chi connectivity index (χ0) is 21.1. The number of halogens is 2. The Bertz CT molecular complexity index is 1080. The van der Waals surface area contributed by atoms with Crippen LogP contribution in [0.4, 0.5) is 19.3 Å². The normalized spacial score (nSPS) is 13.3. The van der Waals surface area contributed by atoms with Gasteiger partial charge in [-0.15, -0.1) is 0 Å². The van der Waals surface area contributed by atoms with E-state index in [2.05, 4.69) is 5.32 Å². The Hall–Kier alpha value is -3.74. The van der Waals surface area contributed by atoms with E-state index in [0.717, 1.165) is 5.56 Å². The fraction of sp³-hybridized carbons (Fsp3) is 0.130. The van der Waals surface area contributed by atoms with Crippen molar-refractivity contribution in [1.82, 2.24) is 5.32 Å². The average molecular weight is 408 g/mol. The van der Waals surface area contributed by atoms with E-state index in [9.17, 15) is 18.4 Å². The summed E-state index contributed by atoms with van der Waals surface area (Å²) >= 11 is 0. The first kappa shape index (κ1) is 19.6. The zero-order valence-electron chi connectivity index (χ0n) is 15.9. The third-order valence-electron chi connectivity index (χ3n) is 4.85. The molecule has 1 heterocycles. The number of carbonyl (C=O) groups is 2. The molecule has 152 valence electrons. The van der Waals surface area contributed by atoms with Gasteiger partial charge < -0.3 is 10.1 Å². The van der Waals surface area contributed by atoms with Gasteiger partial charge in [0.15, 0.2) is 0 Å². The monoisotopic (exact) mass is 408 g/mol. The Morgan fingerprint density at radius 1 is 1.00 bits per heavy atom. The molecule has 0 saturated carbocycles. The van der Waals surface area contributed by atoms with Crippen LogP contribution in [0.15, 0.2) is 66.7 Å². The Labute approximate surface area is 171 Å². The molecule has 1 N–H and O–H groups in total. The van der Waals surface area contributed by atoms with Gasteiger partial charge in [0.2, 0.25) is 0 Å². The highest BCUT2D eigenvalue weighted by Gasteiger charge is 2.24. The lowest BCUT2D eigenvalue weighted by Gasteiger charge is -2.14. The third kappa shape index (κ3) is 4.15. The highest BCUT2D eigenvalue weighted by Crippen LogP contribution is 2.28. The first-order valence-corrected chi connectivity index (χ1v) is 9.38. The number of amides is 2. The molecular weight excluding hydrogens is 390 g/mol. The molecule has 0 aliphatic carbocycles. The lowest BCUT2D eigenvalue weighted by molar-refractivity contribution is 0.0951. The fourth-order valence-corrected chi connectivity index (χ4v) is 3.22. The van der Waals surface area contributed by atoms with Crippen LogP contribution >= 0.6 is 0 Å². The lowest BCUT2D eigenvalue weighted by atomic mass is 10.0. The molecule has 30 heavy (non-hydrogen) atoms. The first-order chi connectivity index (χ1) is 14.5. The third-order valence-corrected chi connectivity index (χ3v) is 4.85. The number of hydrogen-bond donors (Lipinski definition) is 1. The van der Waals surface area contributed by atoms with Crippen molar-refractivity contribution in [2.75, 3.05) is 18.1 Å². The van der Waals surface area contributed by atoms with Gasteiger partial charge in [-0.05, 0) is 53.6 Å². The van der Waals surface area contributed by atoms with Crippen molar-refractivity contribution < 1.29 is 23.1 Å². The van der Waals surface area contributed by atoms with Crippen LogP contribution in [0.5, 0.6) is 0 Å². The van der Waals surface area contributed by atoms with E-state index in [1.54, 1.807) is 36.4 Å². The van der Waals surface area contributed by atoms with Crippen LogP contribution in [0.2, 0.25) is 0 Å². The number of benzene rings is 3. The molecule has 2 amide bonds. The molecule has 4 rings (SSSR count). The molecule has 0 atom stereocenters. The van der Waals surface area contributed by atoms with Crippen molar-refractivity contribution in [3.05, 3.63) is 89.5 Å². The summed E-state index contributed by atoms with van der Waals surface area (Å²) in [5.74, 6) is -1.14. The minimum Gasteiger partial charge on any atom is -0.447 e. The summed E-state index contributed by atoms with van der Waals surface area (Å²) < 4.78 is 32.4. The molecule has 1 saturated heterocycles. The van der Waals surface area contributed by atoms with Crippen LogP contribution in [0, 0.1) is 11.6 Å². The molecule has 0 unspecified atom stereocenters. The van der Waals surface area contributed by atoms with Crippen LogP contribution in [0.3, 0.4) is 0 Å². The molecule has 3 aromatic carbocycles. The SMILES string of the molecule is O=C(NCc1ccc(-c2ccc(N3CCOC3=O)cc2F)cc1)c1ccc(F)cc1. The van der Waals surface area contributed by atoms with Gasteiger partial charge in [-0.1, -0.05) is 24.3 Å². The number of carbonyl (C=O) groups excluding carboxylic acids is 2. The molecule has 5 nitrogen and oxygen atoms in total. The van der Waals surface area contributed by atoms with Gasteiger partial charge >= 0.3 is 6.09 Å². The van der Waals surface area contributed by atoms with E-state index in [1.165, 1.54) is 35.2 Å². The Kier molecular flexibility index (Phi) is 5.43. The number of ether oxygens (including phenoxy) is 1. The van der Waals surface area contributed by atoms with Gasteiger partial charge in [0.1, 0.15) is 18.2 Å². The summed E-state index contributed by atoms with van der Waals surface area (Å²) in [6.45, 7) is 0.978. The van der Waals surface area contributed by atoms with Crippen molar-refractivity contribution in [3.8, 4) is 11.1 Å². The second-order valence-electron chi connectivity index (χ2n) is 6.82. The van der Waals surface area contributed by atoms with Crippen molar-refractivity contribution in [1.29, 1.82) is 0 Å². The van der Waals surface area contributed by atoms with Crippen molar-refractivity contribution in [2.45, 2.75) is 6.54 Å². The van der Waals surface area contributed by atoms with Gasteiger partial charge in [0, 0.05) is 17.7 Å². The largest absolute Gasteiger partial charge is 0.447 e. The summed E-state index contributed by atoms with van der Waals surface area (Å²) in [7, 11) is 0. The maximum Gasteiger partial charge on any atom is 0.414 e. The molecular formula is C23H18F2N2O3. The number of cyclic esters (lactones) is 1. The van der Waals surface area contributed by atoms with E-state index in [1.807, 2.05) is 0 Å². The van der Waals surface area contributed by atoms with Gasteiger partial charge in [-0.2, -0.15) is 0 Å².